The molecule has 1 aromatic rings. The van der Waals surface area contributed by atoms with Gasteiger partial charge >= 0.3 is 0 Å². The molecular formula is C15H23BrN2O2S. The van der Waals surface area contributed by atoms with Crippen LogP contribution in [0.3, 0.4) is 0 Å². The molecule has 0 saturated heterocycles. The molecule has 0 amide bonds. The van der Waals surface area contributed by atoms with Crippen molar-refractivity contribution in [2.45, 2.75) is 38.3 Å². The first-order valence-electron chi connectivity index (χ1n) is 6.96. The minimum absolute atomic E-state index is 0.127. The van der Waals surface area contributed by atoms with Gasteiger partial charge in [0.15, 0.2) is 0 Å². The van der Waals surface area contributed by atoms with Crippen LogP contribution in [0.2, 0.25) is 0 Å². The van der Waals surface area contributed by atoms with Crippen LogP contribution < -0.4 is 5.32 Å². The average molecular weight is 375 g/mol. The number of hydrogen-bond donors (Lipinski definition) is 1. The quantitative estimate of drug-likeness (QED) is 0.711. The van der Waals surface area contributed by atoms with Crippen molar-refractivity contribution in [2.75, 3.05) is 13.1 Å². The summed E-state index contributed by atoms with van der Waals surface area (Å²) in [5.41, 5.74) is 0.945. The fourth-order valence-corrected chi connectivity index (χ4v) is 4.55. The van der Waals surface area contributed by atoms with E-state index in [9.17, 15) is 8.42 Å². The number of nitrogens with zero attached hydrogens (tertiary/aromatic N) is 1. The maximum absolute atomic E-state index is 12.8. The zero-order valence-electron chi connectivity index (χ0n) is 12.8. The SMILES string of the molecule is C=CCN(C(C)C)S(=O)(=O)c1cc(CNCC)ccc1Br. The molecule has 0 fully saturated rings. The van der Waals surface area contributed by atoms with E-state index >= 15 is 0 Å². The van der Waals surface area contributed by atoms with Crippen LogP contribution in [0.5, 0.6) is 0 Å². The van der Waals surface area contributed by atoms with Gasteiger partial charge < -0.3 is 5.32 Å². The summed E-state index contributed by atoms with van der Waals surface area (Å²) in [4.78, 5) is 0.299. The summed E-state index contributed by atoms with van der Waals surface area (Å²) >= 11 is 3.35. The second-order valence-electron chi connectivity index (χ2n) is 5.00. The smallest absolute Gasteiger partial charge is 0.244 e. The van der Waals surface area contributed by atoms with Gasteiger partial charge in [-0.1, -0.05) is 19.1 Å². The summed E-state index contributed by atoms with van der Waals surface area (Å²) in [7, 11) is -3.55. The third-order valence-electron chi connectivity index (χ3n) is 3.05. The molecule has 0 aliphatic rings. The fourth-order valence-electron chi connectivity index (χ4n) is 1.96. The molecule has 0 aliphatic heterocycles. The molecule has 1 aromatic carbocycles. The molecule has 0 spiro atoms. The zero-order valence-corrected chi connectivity index (χ0v) is 15.2. The van der Waals surface area contributed by atoms with E-state index in [-0.39, 0.29) is 6.04 Å². The number of nitrogens with one attached hydrogen (secondary N) is 1. The predicted molar refractivity (Wildman–Crippen MR) is 90.7 cm³/mol. The first-order chi connectivity index (χ1) is 9.84. The zero-order chi connectivity index (χ0) is 16.0. The van der Waals surface area contributed by atoms with Crippen molar-refractivity contribution in [3.05, 3.63) is 40.9 Å². The molecule has 0 aromatic heterocycles. The summed E-state index contributed by atoms with van der Waals surface area (Å²) in [5, 5.41) is 3.20. The predicted octanol–water partition coefficient (Wildman–Crippen LogP) is 3.14. The van der Waals surface area contributed by atoms with Crippen molar-refractivity contribution in [1.29, 1.82) is 0 Å². The minimum Gasteiger partial charge on any atom is -0.313 e. The van der Waals surface area contributed by atoms with Gasteiger partial charge in [-0.3, -0.25) is 0 Å². The third-order valence-corrected chi connectivity index (χ3v) is 6.08. The van der Waals surface area contributed by atoms with Crippen LogP contribution in [0.4, 0.5) is 0 Å². The van der Waals surface area contributed by atoms with E-state index in [1.54, 1.807) is 18.2 Å². The van der Waals surface area contributed by atoms with Gasteiger partial charge in [0.25, 0.3) is 0 Å². The largest absolute Gasteiger partial charge is 0.313 e. The molecule has 4 nitrogen and oxygen atoms in total. The van der Waals surface area contributed by atoms with Crippen LogP contribution in [0.15, 0.2) is 40.2 Å². The third kappa shape index (κ3) is 4.64. The molecule has 118 valence electrons. The van der Waals surface area contributed by atoms with Gasteiger partial charge in [-0.05, 0) is 54.0 Å². The standard InChI is InChI=1S/C15H23BrN2O2S/c1-5-9-18(12(3)4)21(19,20)15-10-13(11-17-6-2)7-8-14(15)16/h5,7-8,10,12,17H,1,6,9,11H2,2-4H3. The van der Waals surface area contributed by atoms with Crippen LogP contribution in [-0.2, 0) is 16.6 Å². The molecule has 1 rings (SSSR count). The van der Waals surface area contributed by atoms with Gasteiger partial charge in [-0.2, -0.15) is 4.31 Å². The summed E-state index contributed by atoms with van der Waals surface area (Å²) in [6, 6.07) is 5.29. The molecular weight excluding hydrogens is 352 g/mol. The normalized spacial score (nSPS) is 12.1. The lowest BCUT2D eigenvalue weighted by molar-refractivity contribution is 0.382. The van der Waals surface area contributed by atoms with Crippen molar-refractivity contribution in [3.8, 4) is 0 Å². The summed E-state index contributed by atoms with van der Waals surface area (Å²) in [6.07, 6.45) is 1.61. The van der Waals surface area contributed by atoms with Gasteiger partial charge in [0.05, 0.1) is 4.90 Å². The monoisotopic (exact) mass is 374 g/mol. The van der Waals surface area contributed by atoms with E-state index in [0.717, 1.165) is 12.1 Å². The summed E-state index contributed by atoms with van der Waals surface area (Å²) in [6.45, 7) is 11.2. The van der Waals surface area contributed by atoms with Crippen LogP contribution >= 0.6 is 15.9 Å². The highest BCUT2D eigenvalue weighted by molar-refractivity contribution is 9.10. The second kappa shape index (κ2) is 8.08. The Morgan fingerprint density at radius 2 is 2.10 bits per heavy atom. The Bertz CT molecular complexity index is 585. The molecule has 21 heavy (non-hydrogen) atoms. The first kappa shape index (κ1) is 18.4. The van der Waals surface area contributed by atoms with Gasteiger partial charge in [0, 0.05) is 23.6 Å². The number of sulfonamides is 1. The topological polar surface area (TPSA) is 49.4 Å². The van der Waals surface area contributed by atoms with E-state index < -0.39 is 10.0 Å². The van der Waals surface area contributed by atoms with Crippen molar-refractivity contribution in [1.82, 2.24) is 9.62 Å². The van der Waals surface area contributed by atoms with Crippen molar-refractivity contribution < 1.29 is 8.42 Å². The van der Waals surface area contributed by atoms with Gasteiger partial charge in [0.1, 0.15) is 0 Å². The minimum atomic E-state index is -3.55. The highest BCUT2D eigenvalue weighted by Crippen LogP contribution is 2.27. The first-order valence-corrected chi connectivity index (χ1v) is 9.19. The fraction of sp³-hybridized carbons (Fsp3) is 0.467. The van der Waals surface area contributed by atoms with Gasteiger partial charge in [-0.25, -0.2) is 8.42 Å². The molecule has 0 aliphatic carbocycles. The molecule has 1 N–H and O–H groups in total. The maximum atomic E-state index is 12.8. The highest BCUT2D eigenvalue weighted by atomic mass is 79.9. The van der Waals surface area contributed by atoms with E-state index in [2.05, 4.69) is 27.8 Å². The number of benzene rings is 1. The summed E-state index contributed by atoms with van der Waals surface area (Å²) in [5.74, 6) is 0. The molecule has 6 heteroatoms. The van der Waals surface area contributed by atoms with Crippen LogP contribution in [-0.4, -0.2) is 31.9 Å². The Labute approximate surface area is 136 Å². The number of rotatable bonds is 8. The molecule has 0 radical (unpaired) electrons. The van der Waals surface area contributed by atoms with Crippen molar-refractivity contribution in [3.63, 3.8) is 0 Å². The van der Waals surface area contributed by atoms with E-state index in [0.29, 0.717) is 22.5 Å². The second-order valence-corrected chi connectivity index (χ2v) is 7.72. The average Bonchev–Trinajstić information content (AvgIpc) is 2.43. The molecule has 0 heterocycles. The highest BCUT2D eigenvalue weighted by Gasteiger charge is 2.28. The molecule has 0 atom stereocenters. The lowest BCUT2D eigenvalue weighted by atomic mass is 10.2. The van der Waals surface area contributed by atoms with Crippen molar-refractivity contribution >= 4 is 26.0 Å². The van der Waals surface area contributed by atoms with Crippen LogP contribution in [0.25, 0.3) is 0 Å². The number of hydrogen-bond acceptors (Lipinski definition) is 3. The molecule has 0 saturated carbocycles. The van der Waals surface area contributed by atoms with E-state index in [1.165, 1.54) is 4.31 Å². The Morgan fingerprint density at radius 3 is 2.62 bits per heavy atom. The lowest BCUT2D eigenvalue weighted by Crippen LogP contribution is -2.37. The lowest BCUT2D eigenvalue weighted by Gasteiger charge is -2.25. The van der Waals surface area contributed by atoms with Gasteiger partial charge in [0.2, 0.25) is 10.0 Å². The van der Waals surface area contributed by atoms with E-state index in [4.69, 9.17) is 0 Å². The maximum Gasteiger partial charge on any atom is 0.244 e. The van der Waals surface area contributed by atoms with Crippen molar-refractivity contribution in [2.24, 2.45) is 0 Å². The summed E-state index contributed by atoms with van der Waals surface area (Å²) < 4.78 is 27.7. The molecule has 0 bridgehead atoms. The molecule has 0 unspecified atom stereocenters. The van der Waals surface area contributed by atoms with Crippen LogP contribution in [0, 0.1) is 0 Å². The Balaban J connectivity index is 3.25. The van der Waals surface area contributed by atoms with E-state index in [1.807, 2.05) is 26.8 Å². The Morgan fingerprint density at radius 1 is 1.43 bits per heavy atom. The Kier molecular flexibility index (Phi) is 7.06. The Hall–Kier alpha value is -0.690. The van der Waals surface area contributed by atoms with Crippen LogP contribution in [0.1, 0.15) is 26.3 Å². The number of halogens is 1. The van der Waals surface area contributed by atoms with Gasteiger partial charge in [-0.15, -0.1) is 6.58 Å².